The molecule has 2 bridgehead atoms. The summed E-state index contributed by atoms with van der Waals surface area (Å²) in [4.78, 5) is 57.1. The topological polar surface area (TPSA) is 99.3 Å². The van der Waals surface area contributed by atoms with Crippen LogP contribution in [0.5, 0.6) is 0 Å². The van der Waals surface area contributed by atoms with E-state index in [1.165, 1.54) is 35.6 Å². The van der Waals surface area contributed by atoms with Crippen LogP contribution in [-0.4, -0.2) is 39.4 Å². The van der Waals surface area contributed by atoms with Gasteiger partial charge in [0.05, 0.1) is 16.9 Å². The van der Waals surface area contributed by atoms with Crippen LogP contribution >= 0.6 is 23.1 Å². The van der Waals surface area contributed by atoms with E-state index < -0.39 is 23.6 Å². The van der Waals surface area contributed by atoms with E-state index in [-0.39, 0.29) is 52.2 Å². The lowest BCUT2D eigenvalue weighted by molar-refractivity contribution is -0.143. The minimum atomic E-state index is -0.491. The zero-order chi connectivity index (χ0) is 25.4. The minimum absolute atomic E-state index is 0.00432. The maximum absolute atomic E-state index is 13.6. The molecule has 2 aromatic carbocycles. The lowest BCUT2D eigenvalue weighted by Gasteiger charge is -2.43. The Labute approximate surface area is 219 Å². The van der Waals surface area contributed by atoms with Gasteiger partial charge < -0.3 is 10.3 Å². The first-order chi connectivity index (χ1) is 17.9. The molecule has 7 nitrogen and oxygen atoms in total. The number of benzene rings is 2. The number of anilines is 1. The third-order valence-electron chi connectivity index (χ3n) is 8.40. The average molecular weight is 536 g/mol. The van der Waals surface area contributed by atoms with Gasteiger partial charge in [-0.05, 0) is 54.0 Å². The molecule has 0 radical (unpaired) electrons. The summed E-state index contributed by atoms with van der Waals surface area (Å²) in [5, 5.41) is 3.63. The van der Waals surface area contributed by atoms with Crippen molar-refractivity contribution in [3.05, 3.63) is 80.5 Å². The summed E-state index contributed by atoms with van der Waals surface area (Å²) in [6.45, 7) is -0.354. The molecule has 3 aromatic rings. The van der Waals surface area contributed by atoms with Crippen molar-refractivity contribution in [2.24, 2.45) is 29.6 Å². The maximum Gasteiger partial charge on any atom is 0.305 e. The molecule has 2 N–H and O–H groups in total. The Morgan fingerprint density at radius 3 is 2.43 bits per heavy atom. The van der Waals surface area contributed by atoms with Crippen molar-refractivity contribution < 1.29 is 18.8 Å². The Hall–Kier alpha value is -3.24. The Balaban J connectivity index is 1.18. The van der Waals surface area contributed by atoms with Crippen LogP contribution in [0, 0.1) is 35.4 Å². The van der Waals surface area contributed by atoms with E-state index in [0.29, 0.717) is 5.69 Å². The highest BCUT2D eigenvalue weighted by Gasteiger charge is 2.69. The first-order valence-corrected chi connectivity index (χ1v) is 14.0. The molecule has 3 amide bonds. The quantitative estimate of drug-likeness (QED) is 0.497. The standard InChI is InChI=1S/C27H22FN3O4S2/c28-13-6-8-14(9-7-13)29-17(32)11-31-25(33)20-15-10-16(21(20)26(31)34)22-19(15)18(12-4-2-1-3-5-12)23-24(36-22)30-27(35)37-23/h1-9,15-16,18-22H,10-11H2,(H,29,32)(H,30,35). The van der Waals surface area contributed by atoms with Crippen molar-refractivity contribution in [1.29, 1.82) is 0 Å². The molecule has 0 spiro atoms. The van der Waals surface area contributed by atoms with E-state index in [1.54, 1.807) is 11.8 Å². The number of fused-ring (bicyclic) bond motifs is 9. The normalized spacial score (nSPS) is 31.3. The smallest absolute Gasteiger partial charge is 0.305 e. The second-order valence-corrected chi connectivity index (χ2v) is 12.4. The van der Waals surface area contributed by atoms with Gasteiger partial charge in [0.15, 0.2) is 0 Å². The van der Waals surface area contributed by atoms with Gasteiger partial charge in [-0.2, -0.15) is 0 Å². The van der Waals surface area contributed by atoms with Crippen LogP contribution in [0.4, 0.5) is 10.1 Å². The zero-order valence-electron chi connectivity index (χ0n) is 19.4. The maximum atomic E-state index is 13.6. The number of amides is 3. The molecule has 37 heavy (non-hydrogen) atoms. The summed E-state index contributed by atoms with van der Waals surface area (Å²) in [5.74, 6) is -2.22. The second kappa shape index (κ2) is 8.39. The number of likely N-dealkylation sites (tertiary alicyclic amines) is 1. The lowest BCUT2D eigenvalue weighted by atomic mass is 9.68. The SMILES string of the molecule is O=C(CN1C(=O)C2C3CC(C2C1=O)C1C(c2ccccc2)c2sc(=O)[nH]c2SC31)Nc1ccc(F)cc1. The zero-order valence-corrected chi connectivity index (χ0v) is 21.1. The third kappa shape index (κ3) is 3.45. The molecule has 3 fully saturated rings. The molecular formula is C27H22FN3O4S2. The Bertz CT molecular complexity index is 1490. The van der Waals surface area contributed by atoms with Crippen LogP contribution in [0.25, 0.3) is 0 Å². The molecule has 2 aliphatic carbocycles. The fraction of sp³-hybridized carbons (Fsp3) is 0.333. The number of carbonyl (C=O) groups excluding carboxylic acids is 3. The highest BCUT2D eigenvalue weighted by molar-refractivity contribution is 8.00. The molecule has 7 atom stereocenters. The fourth-order valence-corrected chi connectivity index (χ4v) is 10.0. The molecule has 188 valence electrons. The number of nitrogens with zero attached hydrogens (tertiary/aromatic N) is 1. The highest BCUT2D eigenvalue weighted by Crippen LogP contribution is 2.68. The molecule has 2 aliphatic heterocycles. The van der Waals surface area contributed by atoms with Gasteiger partial charge in [0, 0.05) is 21.7 Å². The van der Waals surface area contributed by atoms with Crippen molar-refractivity contribution in [2.75, 3.05) is 11.9 Å². The first-order valence-electron chi connectivity index (χ1n) is 12.3. The van der Waals surface area contributed by atoms with Gasteiger partial charge in [0.25, 0.3) is 0 Å². The monoisotopic (exact) mass is 535 g/mol. The number of aromatic amines is 1. The van der Waals surface area contributed by atoms with Crippen LogP contribution in [0.1, 0.15) is 22.8 Å². The molecule has 7 unspecified atom stereocenters. The predicted molar refractivity (Wildman–Crippen MR) is 137 cm³/mol. The van der Waals surface area contributed by atoms with Gasteiger partial charge in [0.1, 0.15) is 12.4 Å². The predicted octanol–water partition coefficient (Wildman–Crippen LogP) is 3.69. The van der Waals surface area contributed by atoms with Gasteiger partial charge in [-0.25, -0.2) is 4.39 Å². The van der Waals surface area contributed by atoms with Crippen molar-refractivity contribution >= 4 is 46.5 Å². The van der Waals surface area contributed by atoms with E-state index in [0.717, 1.165) is 26.8 Å². The number of thiazole rings is 1. The number of rotatable bonds is 4. The lowest BCUT2D eigenvalue weighted by Crippen LogP contribution is -2.42. The highest BCUT2D eigenvalue weighted by atomic mass is 32.2. The van der Waals surface area contributed by atoms with E-state index in [9.17, 15) is 23.6 Å². The van der Waals surface area contributed by atoms with E-state index in [1.807, 2.05) is 18.2 Å². The summed E-state index contributed by atoms with van der Waals surface area (Å²) < 4.78 is 13.2. The van der Waals surface area contributed by atoms with E-state index >= 15 is 0 Å². The Morgan fingerprint density at radius 2 is 1.70 bits per heavy atom. The number of hydrogen-bond acceptors (Lipinski definition) is 6. The Kier molecular flexibility index (Phi) is 5.20. The molecule has 1 aromatic heterocycles. The van der Waals surface area contributed by atoms with Crippen LogP contribution in [0.3, 0.4) is 0 Å². The molecule has 10 heteroatoms. The number of nitrogens with one attached hydrogen (secondary N) is 2. The second-order valence-electron chi connectivity index (χ2n) is 10.2. The average Bonchev–Trinajstić information content (AvgIpc) is 3.62. The summed E-state index contributed by atoms with van der Waals surface area (Å²) >= 11 is 2.88. The Morgan fingerprint density at radius 1 is 1.00 bits per heavy atom. The van der Waals surface area contributed by atoms with Gasteiger partial charge in [-0.1, -0.05) is 41.7 Å². The van der Waals surface area contributed by atoms with E-state index in [4.69, 9.17) is 0 Å². The van der Waals surface area contributed by atoms with Gasteiger partial charge in [-0.3, -0.25) is 24.1 Å². The summed E-state index contributed by atoms with van der Waals surface area (Å²) in [7, 11) is 0. The van der Waals surface area contributed by atoms with Crippen molar-refractivity contribution in [1.82, 2.24) is 9.88 Å². The molecule has 7 rings (SSSR count). The third-order valence-corrected chi connectivity index (χ3v) is 11.0. The minimum Gasteiger partial charge on any atom is -0.325 e. The largest absolute Gasteiger partial charge is 0.325 e. The van der Waals surface area contributed by atoms with Gasteiger partial charge in [-0.15, -0.1) is 11.8 Å². The number of thioether (sulfide) groups is 1. The summed E-state index contributed by atoms with van der Waals surface area (Å²) in [6.07, 6.45) is 0.799. The van der Waals surface area contributed by atoms with Crippen LogP contribution in [-0.2, 0) is 14.4 Å². The van der Waals surface area contributed by atoms with Crippen LogP contribution in [0.15, 0.2) is 64.4 Å². The summed E-state index contributed by atoms with van der Waals surface area (Å²) in [6, 6.07) is 15.4. The number of halogens is 1. The molecule has 1 saturated heterocycles. The molecule has 3 heterocycles. The number of aromatic nitrogens is 1. The molecule has 2 saturated carbocycles. The van der Waals surface area contributed by atoms with Gasteiger partial charge in [0.2, 0.25) is 17.7 Å². The molecular weight excluding hydrogens is 513 g/mol. The number of H-pyrrole nitrogens is 1. The number of carbonyl (C=O) groups is 3. The number of imide groups is 1. The first kappa shape index (κ1) is 22.9. The number of hydrogen-bond donors (Lipinski definition) is 2. The van der Waals surface area contributed by atoms with Crippen molar-refractivity contribution in [3.8, 4) is 0 Å². The van der Waals surface area contributed by atoms with Crippen LogP contribution < -0.4 is 10.2 Å². The van der Waals surface area contributed by atoms with Crippen molar-refractivity contribution in [3.63, 3.8) is 0 Å². The van der Waals surface area contributed by atoms with Crippen LogP contribution in [0.2, 0.25) is 0 Å². The van der Waals surface area contributed by atoms with Gasteiger partial charge >= 0.3 is 4.87 Å². The van der Waals surface area contributed by atoms with E-state index in [2.05, 4.69) is 22.4 Å². The fourth-order valence-electron chi connectivity index (χ4n) is 7.15. The van der Waals surface area contributed by atoms with Crippen molar-refractivity contribution in [2.45, 2.75) is 22.6 Å². The molecule has 4 aliphatic rings. The summed E-state index contributed by atoms with van der Waals surface area (Å²) in [5.41, 5.74) is 1.52.